The molecule has 0 aliphatic rings. The molecule has 1 heterocycles. The van der Waals surface area contributed by atoms with E-state index in [-0.39, 0.29) is 11.4 Å². The normalized spacial score (nSPS) is 9.56. The summed E-state index contributed by atoms with van der Waals surface area (Å²) in [4.78, 5) is 10.6. The van der Waals surface area contributed by atoms with E-state index < -0.39 is 0 Å². The Morgan fingerprint density at radius 2 is 2.44 bits per heavy atom. The van der Waals surface area contributed by atoms with E-state index in [9.17, 15) is 9.18 Å². The lowest BCUT2D eigenvalue weighted by molar-refractivity contribution is 0.112. The van der Waals surface area contributed by atoms with Gasteiger partial charge in [0.1, 0.15) is 5.82 Å². The Balaban J connectivity index is 3.18. The molecule has 3 heteroatoms. The van der Waals surface area contributed by atoms with Crippen molar-refractivity contribution in [1.29, 1.82) is 0 Å². The molecule has 0 fully saturated rings. The van der Waals surface area contributed by atoms with Crippen LogP contribution in [0, 0.1) is 12.7 Å². The van der Waals surface area contributed by atoms with E-state index in [0.717, 1.165) is 0 Å². The highest BCUT2D eigenvalue weighted by Crippen LogP contribution is 2.17. The number of rotatable bonds is 1. The predicted molar refractivity (Wildman–Crippen MR) is 34.4 cm³/mol. The highest BCUT2D eigenvalue weighted by molar-refractivity contribution is 7.10. The third kappa shape index (κ3) is 1.00. The van der Waals surface area contributed by atoms with Crippen LogP contribution >= 0.6 is 11.3 Å². The van der Waals surface area contributed by atoms with E-state index >= 15 is 0 Å². The molecule has 0 amide bonds. The number of hydrogen-bond donors (Lipinski definition) is 0. The Labute approximate surface area is 56.1 Å². The van der Waals surface area contributed by atoms with Gasteiger partial charge < -0.3 is 0 Å². The number of carbonyl (C=O) groups excluding carboxylic acids is 1. The van der Waals surface area contributed by atoms with Crippen LogP contribution in [0.4, 0.5) is 4.39 Å². The highest BCUT2D eigenvalue weighted by Gasteiger charge is 2.04. The molecule has 48 valence electrons. The second-order valence-electron chi connectivity index (χ2n) is 1.68. The third-order valence-electron chi connectivity index (χ3n) is 1.05. The molecular formula is C6H5FOS. The van der Waals surface area contributed by atoms with Crippen molar-refractivity contribution in [3.05, 3.63) is 21.6 Å². The van der Waals surface area contributed by atoms with Crippen LogP contribution in [-0.4, -0.2) is 6.29 Å². The predicted octanol–water partition coefficient (Wildman–Crippen LogP) is 2.01. The molecule has 0 radical (unpaired) electrons. The first-order chi connectivity index (χ1) is 4.25. The van der Waals surface area contributed by atoms with Gasteiger partial charge in [-0.15, -0.1) is 11.3 Å². The van der Waals surface area contributed by atoms with Gasteiger partial charge in [0, 0.05) is 10.3 Å². The lowest BCUT2D eigenvalue weighted by atomic mass is 10.3. The minimum absolute atomic E-state index is 0.164. The monoisotopic (exact) mass is 144 g/mol. The van der Waals surface area contributed by atoms with Crippen molar-refractivity contribution in [2.24, 2.45) is 0 Å². The van der Waals surface area contributed by atoms with Gasteiger partial charge in [-0.2, -0.15) is 0 Å². The van der Waals surface area contributed by atoms with Gasteiger partial charge in [-0.3, -0.25) is 4.79 Å². The number of thiophene rings is 1. The average Bonchev–Trinajstić information content (AvgIpc) is 2.15. The number of halogens is 1. The molecule has 1 aromatic rings. The molecule has 0 atom stereocenters. The van der Waals surface area contributed by atoms with Gasteiger partial charge in [0.2, 0.25) is 0 Å². The lowest BCUT2D eigenvalue weighted by Crippen LogP contribution is -1.79. The first kappa shape index (κ1) is 6.42. The van der Waals surface area contributed by atoms with Crippen molar-refractivity contribution in [2.45, 2.75) is 6.92 Å². The Bertz CT molecular complexity index is 229. The number of hydrogen-bond acceptors (Lipinski definition) is 2. The molecule has 0 aromatic carbocycles. The fraction of sp³-hybridized carbons (Fsp3) is 0.167. The first-order valence-corrected chi connectivity index (χ1v) is 3.32. The third-order valence-corrected chi connectivity index (χ3v) is 1.96. The van der Waals surface area contributed by atoms with E-state index in [1.165, 1.54) is 16.7 Å². The fourth-order valence-electron chi connectivity index (χ4n) is 0.538. The molecule has 0 saturated carbocycles. The standard InChI is InChI=1S/C6H5FOS/c1-4-6(7)5(2-8)3-9-4/h2-3H,1H3. The SMILES string of the molecule is Cc1scc(C=O)c1F. The number of aryl methyl sites for hydroxylation is 1. The highest BCUT2D eigenvalue weighted by atomic mass is 32.1. The summed E-state index contributed by atoms with van der Waals surface area (Å²) < 4.78 is 12.5. The van der Waals surface area contributed by atoms with Gasteiger partial charge in [0.15, 0.2) is 6.29 Å². The summed E-state index contributed by atoms with van der Waals surface area (Å²) in [6, 6.07) is 0. The Hall–Kier alpha value is -0.700. The fourth-order valence-corrected chi connectivity index (χ4v) is 1.22. The van der Waals surface area contributed by atoms with Crippen LogP contribution in [-0.2, 0) is 0 Å². The zero-order valence-corrected chi connectivity index (χ0v) is 5.67. The van der Waals surface area contributed by atoms with Crippen molar-refractivity contribution >= 4 is 17.6 Å². The van der Waals surface area contributed by atoms with Gasteiger partial charge in [0.05, 0.1) is 5.56 Å². The molecule has 1 rings (SSSR count). The van der Waals surface area contributed by atoms with Gasteiger partial charge in [-0.25, -0.2) is 4.39 Å². The smallest absolute Gasteiger partial charge is 0.153 e. The lowest BCUT2D eigenvalue weighted by Gasteiger charge is -1.80. The minimum Gasteiger partial charge on any atom is -0.298 e. The minimum atomic E-state index is -0.380. The molecule has 0 aliphatic carbocycles. The van der Waals surface area contributed by atoms with Crippen LogP contribution < -0.4 is 0 Å². The van der Waals surface area contributed by atoms with Crippen molar-refractivity contribution in [3.63, 3.8) is 0 Å². The molecule has 0 spiro atoms. The zero-order chi connectivity index (χ0) is 6.85. The molecule has 1 aromatic heterocycles. The van der Waals surface area contributed by atoms with Crippen LogP contribution in [0.25, 0.3) is 0 Å². The molecule has 0 aliphatic heterocycles. The number of aldehydes is 1. The summed E-state index contributed by atoms with van der Waals surface area (Å²) in [5.74, 6) is -0.380. The molecule has 9 heavy (non-hydrogen) atoms. The van der Waals surface area contributed by atoms with E-state index in [4.69, 9.17) is 0 Å². The van der Waals surface area contributed by atoms with Gasteiger partial charge in [-0.05, 0) is 6.92 Å². The van der Waals surface area contributed by atoms with Gasteiger partial charge in [0.25, 0.3) is 0 Å². The summed E-state index contributed by atoms with van der Waals surface area (Å²) in [6.45, 7) is 1.65. The molecule has 1 nitrogen and oxygen atoms in total. The van der Waals surface area contributed by atoms with Crippen molar-refractivity contribution in [1.82, 2.24) is 0 Å². The second kappa shape index (κ2) is 2.27. The molecule has 0 saturated heterocycles. The maximum absolute atomic E-state index is 12.5. The largest absolute Gasteiger partial charge is 0.298 e. The first-order valence-electron chi connectivity index (χ1n) is 2.44. The van der Waals surface area contributed by atoms with E-state index in [2.05, 4.69) is 0 Å². The van der Waals surface area contributed by atoms with Crippen LogP contribution in [0.2, 0.25) is 0 Å². The molecule has 0 unspecified atom stereocenters. The Morgan fingerprint density at radius 1 is 1.78 bits per heavy atom. The topological polar surface area (TPSA) is 17.1 Å². The maximum atomic E-state index is 12.5. The van der Waals surface area contributed by atoms with Crippen molar-refractivity contribution in [3.8, 4) is 0 Å². The number of carbonyl (C=O) groups is 1. The summed E-state index contributed by atoms with van der Waals surface area (Å²) in [5.41, 5.74) is 0.164. The summed E-state index contributed by atoms with van der Waals surface area (Å²) in [5, 5.41) is 1.51. The van der Waals surface area contributed by atoms with Crippen LogP contribution in [0.5, 0.6) is 0 Å². The molecule has 0 N–H and O–H groups in total. The second-order valence-corrected chi connectivity index (χ2v) is 2.76. The summed E-state index contributed by atoms with van der Waals surface area (Å²) in [6.07, 6.45) is 0.527. The molecular weight excluding hydrogens is 139 g/mol. The quantitative estimate of drug-likeness (QED) is 0.551. The Kier molecular flexibility index (Phi) is 1.62. The van der Waals surface area contributed by atoms with Gasteiger partial charge >= 0.3 is 0 Å². The average molecular weight is 144 g/mol. The maximum Gasteiger partial charge on any atom is 0.153 e. The Morgan fingerprint density at radius 3 is 2.67 bits per heavy atom. The van der Waals surface area contributed by atoms with Crippen molar-refractivity contribution in [2.75, 3.05) is 0 Å². The van der Waals surface area contributed by atoms with Crippen LogP contribution in [0.1, 0.15) is 15.2 Å². The van der Waals surface area contributed by atoms with Gasteiger partial charge in [-0.1, -0.05) is 0 Å². The van der Waals surface area contributed by atoms with Crippen LogP contribution in [0.3, 0.4) is 0 Å². The summed E-state index contributed by atoms with van der Waals surface area (Å²) >= 11 is 1.25. The van der Waals surface area contributed by atoms with E-state index in [1.54, 1.807) is 6.92 Å². The zero-order valence-electron chi connectivity index (χ0n) is 4.85. The summed E-state index contributed by atoms with van der Waals surface area (Å²) in [7, 11) is 0. The van der Waals surface area contributed by atoms with Crippen molar-refractivity contribution < 1.29 is 9.18 Å². The van der Waals surface area contributed by atoms with E-state index in [1.807, 2.05) is 0 Å². The molecule has 0 bridgehead atoms. The van der Waals surface area contributed by atoms with Crippen LogP contribution in [0.15, 0.2) is 5.38 Å². The van der Waals surface area contributed by atoms with E-state index in [0.29, 0.717) is 11.2 Å².